The zero-order chi connectivity index (χ0) is 24.0. The third-order valence-electron chi connectivity index (χ3n) is 5.74. The van der Waals surface area contributed by atoms with Gasteiger partial charge in [0.2, 0.25) is 5.89 Å². The van der Waals surface area contributed by atoms with Crippen molar-refractivity contribution in [2.45, 2.75) is 24.1 Å². The third-order valence-corrected chi connectivity index (χ3v) is 6.54. The van der Waals surface area contributed by atoms with Crippen molar-refractivity contribution < 1.29 is 13.9 Å². The van der Waals surface area contributed by atoms with Crippen LogP contribution in [-0.4, -0.2) is 39.7 Å². The van der Waals surface area contributed by atoms with Gasteiger partial charge in [-0.05, 0) is 28.8 Å². The highest BCUT2D eigenvalue weighted by atomic mass is 32.2. The predicted molar refractivity (Wildman–Crippen MR) is 134 cm³/mol. The fourth-order valence-electron chi connectivity index (χ4n) is 3.96. The van der Waals surface area contributed by atoms with Crippen molar-refractivity contribution in [3.63, 3.8) is 0 Å². The largest absolute Gasteiger partial charge is 0.497 e. The molecule has 5 rings (SSSR count). The van der Waals surface area contributed by atoms with Gasteiger partial charge in [-0.1, -0.05) is 84.6 Å². The Morgan fingerprint density at radius 1 is 1.00 bits per heavy atom. The van der Waals surface area contributed by atoms with Crippen molar-refractivity contribution >= 4 is 23.4 Å². The zero-order valence-electron chi connectivity index (χ0n) is 19.2. The van der Waals surface area contributed by atoms with Crippen molar-refractivity contribution in [2.75, 3.05) is 12.9 Å². The number of carbonyl (C=O) groups is 1. The van der Waals surface area contributed by atoms with Crippen LogP contribution in [0.25, 0.3) is 0 Å². The van der Waals surface area contributed by atoms with Crippen LogP contribution in [0.1, 0.15) is 35.0 Å². The summed E-state index contributed by atoms with van der Waals surface area (Å²) < 4.78 is 11.0. The summed E-state index contributed by atoms with van der Waals surface area (Å²) in [6.07, 6.45) is 1.19. The number of amides is 1. The second kappa shape index (κ2) is 10.6. The number of methoxy groups -OCH3 is 1. The Labute approximate surface area is 207 Å². The first-order valence-electron chi connectivity index (χ1n) is 11.3. The highest BCUT2D eigenvalue weighted by Crippen LogP contribution is 2.34. The topological polar surface area (TPSA) is 80.8 Å². The van der Waals surface area contributed by atoms with E-state index in [1.807, 2.05) is 84.9 Å². The van der Waals surface area contributed by atoms with Gasteiger partial charge >= 0.3 is 0 Å². The molecule has 2 heterocycles. The molecule has 1 amide bonds. The van der Waals surface area contributed by atoms with Gasteiger partial charge in [-0.15, -0.1) is 10.2 Å². The van der Waals surface area contributed by atoms with E-state index in [9.17, 15) is 4.79 Å². The van der Waals surface area contributed by atoms with Crippen molar-refractivity contribution in [3.05, 3.63) is 108 Å². The van der Waals surface area contributed by atoms with E-state index >= 15 is 0 Å². The van der Waals surface area contributed by atoms with E-state index in [0.29, 0.717) is 24.0 Å². The number of rotatable bonds is 8. The van der Waals surface area contributed by atoms with E-state index in [2.05, 4.69) is 10.2 Å². The number of benzene rings is 3. The predicted octanol–water partition coefficient (Wildman–Crippen LogP) is 5.14. The lowest BCUT2D eigenvalue weighted by molar-refractivity contribution is -0.130. The summed E-state index contributed by atoms with van der Waals surface area (Å²) in [5.74, 6) is 1.31. The molecule has 3 aromatic carbocycles. The van der Waals surface area contributed by atoms with Crippen LogP contribution in [0.3, 0.4) is 0 Å². The van der Waals surface area contributed by atoms with Crippen LogP contribution >= 0.6 is 11.8 Å². The molecule has 1 aliphatic heterocycles. The Balaban J connectivity index is 1.30. The Bertz CT molecular complexity index is 1310. The van der Waals surface area contributed by atoms with Gasteiger partial charge in [0.25, 0.3) is 11.1 Å². The highest BCUT2D eigenvalue weighted by molar-refractivity contribution is 7.99. The molecule has 0 saturated carbocycles. The van der Waals surface area contributed by atoms with Crippen LogP contribution in [-0.2, 0) is 11.2 Å². The van der Waals surface area contributed by atoms with Gasteiger partial charge < -0.3 is 9.15 Å². The first kappa shape index (κ1) is 22.9. The molecule has 0 saturated heterocycles. The van der Waals surface area contributed by atoms with Gasteiger partial charge in [0.15, 0.2) is 0 Å². The number of nitrogens with zero attached hydrogens (tertiary/aromatic N) is 4. The molecule has 0 fully saturated rings. The molecule has 4 aromatic rings. The zero-order valence-corrected chi connectivity index (χ0v) is 20.0. The molecule has 1 atom stereocenters. The van der Waals surface area contributed by atoms with Gasteiger partial charge in [-0.25, -0.2) is 5.01 Å². The molecule has 7 nitrogen and oxygen atoms in total. The smallest absolute Gasteiger partial charge is 0.277 e. The summed E-state index contributed by atoms with van der Waals surface area (Å²) >= 11 is 1.23. The van der Waals surface area contributed by atoms with Crippen molar-refractivity contribution in [1.82, 2.24) is 15.2 Å². The molecule has 176 valence electrons. The first-order valence-corrected chi connectivity index (χ1v) is 12.3. The number of aromatic nitrogens is 2. The van der Waals surface area contributed by atoms with Crippen LogP contribution < -0.4 is 4.74 Å². The number of carbonyl (C=O) groups excluding carboxylic acids is 1. The lowest BCUT2D eigenvalue weighted by Crippen LogP contribution is -2.28. The minimum atomic E-state index is -0.194. The molecule has 35 heavy (non-hydrogen) atoms. The van der Waals surface area contributed by atoms with Crippen LogP contribution in [0, 0.1) is 0 Å². The number of hydrogen-bond donors (Lipinski definition) is 0. The van der Waals surface area contributed by atoms with Crippen LogP contribution in [0.2, 0.25) is 0 Å². The SMILES string of the molecule is COc1ccc([C@@H]2CC(c3ccccc3)=NN2C(=O)CSc2nnc(Cc3ccccc3)o2)cc1. The summed E-state index contributed by atoms with van der Waals surface area (Å²) in [6.45, 7) is 0. The number of hydrogen-bond acceptors (Lipinski definition) is 7. The molecule has 0 N–H and O–H groups in total. The van der Waals surface area contributed by atoms with Gasteiger partial charge in [0.1, 0.15) is 5.75 Å². The van der Waals surface area contributed by atoms with Crippen molar-refractivity contribution in [1.29, 1.82) is 0 Å². The summed E-state index contributed by atoms with van der Waals surface area (Å²) in [5.41, 5.74) is 3.98. The molecule has 0 spiro atoms. The average molecular weight is 485 g/mol. The molecular weight excluding hydrogens is 460 g/mol. The second-order valence-electron chi connectivity index (χ2n) is 8.06. The van der Waals surface area contributed by atoms with Crippen LogP contribution in [0.5, 0.6) is 5.75 Å². The third kappa shape index (κ3) is 5.44. The number of ether oxygens (including phenoxy) is 1. The van der Waals surface area contributed by atoms with Gasteiger partial charge in [0.05, 0.1) is 31.0 Å². The normalized spacial score (nSPS) is 15.2. The quantitative estimate of drug-likeness (QED) is 0.322. The van der Waals surface area contributed by atoms with E-state index in [-0.39, 0.29) is 17.7 Å². The number of thioether (sulfide) groups is 1. The maximum atomic E-state index is 13.3. The summed E-state index contributed by atoms with van der Waals surface area (Å²) in [7, 11) is 1.64. The molecule has 1 aromatic heterocycles. The highest BCUT2D eigenvalue weighted by Gasteiger charge is 2.33. The molecule has 0 radical (unpaired) electrons. The van der Waals surface area contributed by atoms with Crippen molar-refractivity contribution in [2.24, 2.45) is 5.10 Å². The second-order valence-corrected chi connectivity index (χ2v) is 8.98. The first-order chi connectivity index (χ1) is 17.2. The lowest BCUT2D eigenvalue weighted by atomic mass is 9.98. The van der Waals surface area contributed by atoms with Crippen molar-refractivity contribution in [3.8, 4) is 5.75 Å². The average Bonchev–Trinajstić information content (AvgIpc) is 3.56. The van der Waals surface area contributed by atoms with Gasteiger partial charge in [0, 0.05) is 6.42 Å². The standard InChI is InChI=1S/C27H24N4O3S/c1-33-22-14-12-21(13-15-22)24-17-23(20-10-6-3-7-11-20)30-31(24)26(32)18-35-27-29-28-25(34-27)16-19-8-4-2-5-9-19/h2-15,24H,16-18H2,1H3/t24-/m0/s1. The Kier molecular flexibility index (Phi) is 6.90. The molecule has 0 aliphatic carbocycles. The minimum Gasteiger partial charge on any atom is -0.497 e. The Morgan fingerprint density at radius 2 is 1.71 bits per heavy atom. The monoisotopic (exact) mass is 484 g/mol. The van der Waals surface area contributed by atoms with E-state index in [4.69, 9.17) is 14.3 Å². The van der Waals surface area contributed by atoms with Crippen LogP contribution in [0.15, 0.2) is 99.7 Å². The van der Waals surface area contributed by atoms with E-state index < -0.39 is 0 Å². The summed E-state index contributed by atoms with van der Waals surface area (Å²) in [4.78, 5) is 13.3. The Morgan fingerprint density at radius 3 is 2.43 bits per heavy atom. The molecular formula is C27H24N4O3S. The van der Waals surface area contributed by atoms with Crippen LogP contribution in [0.4, 0.5) is 0 Å². The molecule has 1 aliphatic rings. The van der Waals surface area contributed by atoms with E-state index in [1.54, 1.807) is 12.1 Å². The summed E-state index contributed by atoms with van der Waals surface area (Å²) in [5, 5.41) is 14.9. The van der Waals surface area contributed by atoms with E-state index in [1.165, 1.54) is 11.8 Å². The lowest BCUT2D eigenvalue weighted by Gasteiger charge is -2.22. The van der Waals surface area contributed by atoms with Gasteiger partial charge in [-0.3, -0.25) is 4.79 Å². The minimum absolute atomic E-state index is 0.121. The fourth-order valence-corrected chi connectivity index (χ4v) is 4.59. The Hall–Kier alpha value is -3.91. The number of hydrazone groups is 1. The summed E-state index contributed by atoms with van der Waals surface area (Å²) in [6, 6.07) is 27.4. The van der Waals surface area contributed by atoms with E-state index in [0.717, 1.165) is 28.2 Å². The molecule has 0 bridgehead atoms. The molecule has 0 unspecified atom stereocenters. The maximum Gasteiger partial charge on any atom is 0.277 e. The fraction of sp³-hybridized carbons (Fsp3) is 0.185. The molecule has 8 heteroatoms. The maximum absolute atomic E-state index is 13.3. The van der Waals surface area contributed by atoms with Gasteiger partial charge in [-0.2, -0.15) is 5.10 Å².